The van der Waals surface area contributed by atoms with Crippen LogP contribution in [0.3, 0.4) is 0 Å². The normalized spacial score (nSPS) is 29.8. The van der Waals surface area contributed by atoms with Crippen LogP contribution in [0.2, 0.25) is 0 Å². The highest BCUT2D eigenvalue weighted by atomic mass is 16.5. The summed E-state index contributed by atoms with van der Waals surface area (Å²) in [6, 6.07) is 3.44. The number of nitrogens with one attached hydrogen (secondary N) is 2. The fourth-order valence-electron chi connectivity index (χ4n) is 2.90. The fourth-order valence-corrected chi connectivity index (χ4v) is 2.90. The first-order valence-electron chi connectivity index (χ1n) is 6.52. The lowest BCUT2D eigenvalue weighted by Crippen LogP contribution is -2.49. The number of nitrogen functional groups attached to an aromatic ring is 1. The summed E-state index contributed by atoms with van der Waals surface area (Å²) in [4.78, 5) is 16.5. The van der Waals surface area contributed by atoms with Crippen molar-refractivity contribution < 1.29 is 9.53 Å². The summed E-state index contributed by atoms with van der Waals surface area (Å²) < 4.78 is 5.53. The van der Waals surface area contributed by atoms with Crippen molar-refractivity contribution in [2.24, 2.45) is 11.3 Å². The molecule has 0 aromatic carbocycles. The second-order valence-corrected chi connectivity index (χ2v) is 5.25. The zero-order valence-electron chi connectivity index (χ0n) is 10.7. The summed E-state index contributed by atoms with van der Waals surface area (Å²) in [6.07, 6.45) is 2.51. The summed E-state index contributed by atoms with van der Waals surface area (Å²) in [5.41, 5.74) is 5.76. The van der Waals surface area contributed by atoms with Crippen LogP contribution in [-0.4, -0.2) is 37.2 Å². The number of hydrogen-bond acceptors (Lipinski definition) is 5. The lowest BCUT2D eigenvalue weighted by Gasteiger charge is -2.36. The summed E-state index contributed by atoms with van der Waals surface area (Å²) >= 11 is 0. The molecule has 2 aliphatic rings. The summed E-state index contributed by atoms with van der Waals surface area (Å²) in [7, 11) is 0. The molecule has 0 bridgehead atoms. The largest absolute Gasteiger partial charge is 0.384 e. The maximum atomic E-state index is 12.6. The van der Waals surface area contributed by atoms with Gasteiger partial charge < -0.3 is 21.1 Å². The van der Waals surface area contributed by atoms with Gasteiger partial charge in [0.15, 0.2) is 0 Å². The van der Waals surface area contributed by atoms with E-state index in [9.17, 15) is 4.79 Å². The number of rotatable bonds is 2. The SMILES string of the molecule is Nc1ccc(NC(=O)[C@]23CNC[C@H]2CCOC3)cn1. The van der Waals surface area contributed by atoms with Crippen molar-refractivity contribution in [1.82, 2.24) is 10.3 Å². The molecule has 2 atom stereocenters. The van der Waals surface area contributed by atoms with E-state index >= 15 is 0 Å². The van der Waals surface area contributed by atoms with Crippen molar-refractivity contribution in [3.63, 3.8) is 0 Å². The van der Waals surface area contributed by atoms with Gasteiger partial charge in [0.2, 0.25) is 5.91 Å². The molecule has 0 radical (unpaired) electrons. The van der Waals surface area contributed by atoms with E-state index in [0.29, 0.717) is 30.6 Å². The highest BCUT2D eigenvalue weighted by Gasteiger charge is 2.50. The predicted octanol–water partition coefficient (Wildman–Crippen LogP) is 0.228. The molecule has 0 spiro atoms. The van der Waals surface area contributed by atoms with Crippen LogP contribution in [-0.2, 0) is 9.53 Å². The monoisotopic (exact) mass is 262 g/mol. The maximum Gasteiger partial charge on any atom is 0.234 e. The molecule has 2 aliphatic heterocycles. The molecule has 3 rings (SSSR count). The Hall–Kier alpha value is -1.66. The number of fused-ring (bicyclic) bond motifs is 1. The second-order valence-electron chi connectivity index (χ2n) is 5.25. The molecular formula is C13H18N4O2. The van der Waals surface area contributed by atoms with Crippen molar-refractivity contribution >= 4 is 17.4 Å². The Morgan fingerprint density at radius 2 is 2.47 bits per heavy atom. The fraction of sp³-hybridized carbons (Fsp3) is 0.538. The van der Waals surface area contributed by atoms with E-state index < -0.39 is 5.41 Å². The zero-order chi connectivity index (χ0) is 13.3. The van der Waals surface area contributed by atoms with E-state index in [4.69, 9.17) is 10.5 Å². The Bertz CT molecular complexity index is 476. The molecule has 2 saturated heterocycles. The Labute approximate surface area is 111 Å². The molecule has 0 saturated carbocycles. The number of nitrogens with two attached hydrogens (primary N) is 1. The third kappa shape index (κ3) is 2.17. The smallest absolute Gasteiger partial charge is 0.234 e. The van der Waals surface area contributed by atoms with Gasteiger partial charge in [0.05, 0.1) is 23.9 Å². The first kappa shape index (κ1) is 12.4. The molecule has 19 heavy (non-hydrogen) atoms. The standard InChI is InChI=1S/C13H18N4O2/c14-11-2-1-10(6-16-11)17-12(18)13-7-15-5-9(13)3-4-19-8-13/h1-2,6,9,15H,3-5,7-8H2,(H2,14,16)(H,17,18)/t9-,13+/m1/s1. The van der Waals surface area contributed by atoms with Crippen LogP contribution < -0.4 is 16.4 Å². The number of ether oxygens (including phenoxy) is 1. The predicted molar refractivity (Wildman–Crippen MR) is 71.5 cm³/mol. The molecule has 2 fully saturated rings. The van der Waals surface area contributed by atoms with E-state index in [0.717, 1.165) is 19.6 Å². The minimum atomic E-state index is -0.445. The van der Waals surface area contributed by atoms with Crippen LogP contribution in [0, 0.1) is 11.3 Å². The van der Waals surface area contributed by atoms with Crippen molar-refractivity contribution in [3.8, 4) is 0 Å². The average Bonchev–Trinajstić information content (AvgIpc) is 2.86. The Kier molecular flexibility index (Phi) is 3.12. The second kappa shape index (κ2) is 4.79. The first-order valence-corrected chi connectivity index (χ1v) is 6.52. The van der Waals surface area contributed by atoms with Crippen LogP contribution in [0.25, 0.3) is 0 Å². The van der Waals surface area contributed by atoms with Gasteiger partial charge in [0.25, 0.3) is 0 Å². The van der Waals surface area contributed by atoms with E-state index in [1.807, 2.05) is 0 Å². The third-order valence-electron chi connectivity index (χ3n) is 4.08. The topological polar surface area (TPSA) is 89.3 Å². The first-order chi connectivity index (χ1) is 9.21. The van der Waals surface area contributed by atoms with Gasteiger partial charge >= 0.3 is 0 Å². The molecule has 102 valence electrons. The molecule has 6 heteroatoms. The van der Waals surface area contributed by atoms with Crippen LogP contribution >= 0.6 is 0 Å². The highest BCUT2D eigenvalue weighted by molar-refractivity contribution is 5.96. The lowest BCUT2D eigenvalue weighted by molar-refractivity contribution is -0.135. The number of carbonyl (C=O) groups excluding carboxylic acids is 1. The molecule has 0 unspecified atom stereocenters. The molecule has 0 aliphatic carbocycles. The van der Waals surface area contributed by atoms with Gasteiger partial charge in [-0.05, 0) is 31.0 Å². The van der Waals surface area contributed by atoms with Gasteiger partial charge in [-0.2, -0.15) is 0 Å². The van der Waals surface area contributed by atoms with Gasteiger partial charge in [-0.1, -0.05) is 0 Å². The van der Waals surface area contributed by atoms with Crippen LogP contribution in [0.4, 0.5) is 11.5 Å². The van der Waals surface area contributed by atoms with Crippen molar-refractivity contribution in [2.75, 3.05) is 37.4 Å². The van der Waals surface area contributed by atoms with E-state index in [1.54, 1.807) is 18.3 Å². The van der Waals surface area contributed by atoms with Gasteiger partial charge in [-0.15, -0.1) is 0 Å². The number of pyridine rings is 1. The zero-order valence-corrected chi connectivity index (χ0v) is 10.7. The molecule has 1 aromatic heterocycles. The van der Waals surface area contributed by atoms with Crippen molar-refractivity contribution in [2.45, 2.75) is 6.42 Å². The number of nitrogens with zero attached hydrogens (tertiary/aromatic N) is 1. The molecule has 1 aromatic rings. The Balaban J connectivity index is 1.77. The van der Waals surface area contributed by atoms with E-state index in [2.05, 4.69) is 15.6 Å². The Morgan fingerprint density at radius 3 is 3.26 bits per heavy atom. The minimum absolute atomic E-state index is 0.00812. The average molecular weight is 262 g/mol. The summed E-state index contributed by atoms with van der Waals surface area (Å²) in [5.74, 6) is 0.800. The summed E-state index contributed by atoms with van der Waals surface area (Å²) in [5, 5.41) is 6.23. The van der Waals surface area contributed by atoms with E-state index in [-0.39, 0.29) is 5.91 Å². The minimum Gasteiger partial charge on any atom is -0.384 e. The number of amides is 1. The Morgan fingerprint density at radius 1 is 1.58 bits per heavy atom. The number of aromatic nitrogens is 1. The quantitative estimate of drug-likeness (QED) is 0.710. The number of hydrogen-bond donors (Lipinski definition) is 3. The third-order valence-corrected chi connectivity index (χ3v) is 4.08. The number of anilines is 2. The molecule has 4 N–H and O–H groups in total. The van der Waals surface area contributed by atoms with E-state index in [1.165, 1.54) is 0 Å². The lowest BCUT2D eigenvalue weighted by atomic mass is 9.75. The molecule has 6 nitrogen and oxygen atoms in total. The van der Waals surface area contributed by atoms with Crippen LogP contribution in [0.15, 0.2) is 18.3 Å². The van der Waals surface area contributed by atoms with Gasteiger partial charge in [-0.3, -0.25) is 4.79 Å². The van der Waals surface area contributed by atoms with Gasteiger partial charge in [0.1, 0.15) is 5.82 Å². The summed E-state index contributed by atoms with van der Waals surface area (Å²) in [6.45, 7) is 2.78. The van der Waals surface area contributed by atoms with Crippen LogP contribution in [0.1, 0.15) is 6.42 Å². The molecular weight excluding hydrogens is 244 g/mol. The van der Waals surface area contributed by atoms with Crippen molar-refractivity contribution in [1.29, 1.82) is 0 Å². The van der Waals surface area contributed by atoms with Crippen LogP contribution in [0.5, 0.6) is 0 Å². The highest BCUT2D eigenvalue weighted by Crippen LogP contribution is 2.38. The molecule has 1 amide bonds. The molecule has 3 heterocycles. The number of carbonyl (C=O) groups is 1. The van der Waals surface area contributed by atoms with Gasteiger partial charge in [-0.25, -0.2) is 4.98 Å². The maximum absolute atomic E-state index is 12.6. The van der Waals surface area contributed by atoms with Gasteiger partial charge in [0, 0.05) is 13.2 Å². The van der Waals surface area contributed by atoms with Crippen molar-refractivity contribution in [3.05, 3.63) is 18.3 Å².